The smallest absolute Gasteiger partial charge is 0.146 e. The lowest BCUT2D eigenvalue weighted by atomic mass is 9.84. The van der Waals surface area contributed by atoms with Crippen molar-refractivity contribution < 1.29 is 4.74 Å². The average molecular weight is 864 g/mol. The second-order valence-electron chi connectivity index (χ2n) is 17.8. The van der Waals surface area contributed by atoms with Crippen molar-refractivity contribution in [2.75, 3.05) is 0 Å². The highest BCUT2D eigenvalue weighted by Gasteiger charge is 2.41. The fraction of sp³-hybridized carbons (Fsp3) is 0.0656. The molecular formula is C61H41N3OS. The minimum absolute atomic E-state index is 0.0411. The second-order valence-corrected chi connectivity index (χ2v) is 18.8. The first-order valence-electron chi connectivity index (χ1n) is 22.8. The van der Waals surface area contributed by atoms with E-state index in [2.05, 4.69) is 222 Å². The Hall–Kier alpha value is -7.99. The molecule has 1 N–H and O–H groups in total. The summed E-state index contributed by atoms with van der Waals surface area (Å²) in [5, 5.41) is 13.9. The predicted octanol–water partition coefficient (Wildman–Crippen LogP) is 15.6. The highest BCUT2D eigenvalue weighted by molar-refractivity contribution is 7.26. The van der Waals surface area contributed by atoms with E-state index in [0.717, 1.165) is 28.3 Å². The molecule has 0 bridgehead atoms. The van der Waals surface area contributed by atoms with E-state index in [-0.39, 0.29) is 18.2 Å². The maximum Gasteiger partial charge on any atom is 0.146 e. The molecule has 0 radical (unpaired) electrons. The molecular weight excluding hydrogens is 823 g/mol. The molecule has 4 nitrogen and oxygen atoms in total. The summed E-state index contributed by atoms with van der Waals surface area (Å²) in [7, 11) is 0. The molecule has 14 rings (SSSR count). The van der Waals surface area contributed by atoms with Crippen LogP contribution in [0.15, 0.2) is 223 Å². The van der Waals surface area contributed by atoms with Crippen LogP contribution in [0.25, 0.3) is 86.0 Å². The van der Waals surface area contributed by atoms with E-state index < -0.39 is 0 Å². The molecule has 0 saturated heterocycles. The number of hydrogen-bond acceptors (Lipinski definition) is 4. The van der Waals surface area contributed by atoms with Gasteiger partial charge in [-0.25, -0.2) is 0 Å². The summed E-state index contributed by atoms with van der Waals surface area (Å²) >= 11 is 1.85. The zero-order valence-electron chi connectivity index (χ0n) is 35.9. The van der Waals surface area contributed by atoms with Gasteiger partial charge in [-0.1, -0.05) is 164 Å². The molecule has 3 unspecified atom stereocenters. The number of rotatable bonds is 5. The summed E-state index contributed by atoms with van der Waals surface area (Å²) in [5.41, 5.74) is 12.7. The molecule has 66 heavy (non-hydrogen) atoms. The van der Waals surface area contributed by atoms with Crippen molar-refractivity contribution >= 4 is 92.0 Å². The molecule has 312 valence electrons. The van der Waals surface area contributed by atoms with E-state index in [1.807, 2.05) is 11.3 Å². The Labute approximate surface area is 385 Å². The van der Waals surface area contributed by atoms with Crippen LogP contribution in [-0.4, -0.2) is 16.4 Å². The Bertz CT molecular complexity index is 3920. The standard InChI is InChI=1S/C61H41N3OS/c1-2-13-37(14-3-1)38-25-27-39(28-26-38)51-29-30-52(63-61(62-51)48-22-12-21-47-46-20-9-11-24-58(46)66-60(47)48)44-34-55(59-50-32-41-16-5-7-18-43(41)35-56(50)65-57(59)36-44)64-53-23-10-8-19-45(53)49-31-40-15-4-6-17-42(40)33-54(49)64/h1-29,31-36,57,59,61-62H,30H2. The molecule has 3 aliphatic rings. The molecule has 4 heterocycles. The lowest BCUT2D eigenvalue weighted by Gasteiger charge is -2.28. The molecule has 9 aromatic carbocycles. The van der Waals surface area contributed by atoms with Crippen molar-refractivity contribution in [2.24, 2.45) is 4.99 Å². The van der Waals surface area contributed by atoms with Gasteiger partial charge < -0.3 is 14.6 Å². The minimum Gasteiger partial charge on any atom is -0.485 e. The van der Waals surface area contributed by atoms with Crippen molar-refractivity contribution in [1.82, 2.24) is 9.88 Å². The van der Waals surface area contributed by atoms with Gasteiger partial charge in [0, 0.05) is 65.6 Å². The monoisotopic (exact) mass is 863 g/mol. The van der Waals surface area contributed by atoms with Gasteiger partial charge in [-0.2, -0.15) is 0 Å². The van der Waals surface area contributed by atoms with Gasteiger partial charge in [-0.3, -0.25) is 4.99 Å². The third-order valence-electron chi connectivity index (χ3n) is 14.0. The fourth-order valence-corrected chi connectivity index (χ4v) is 12.1. The van der Waals surface area contributed by atoms with Crippen LogP contribution in [0.1, 0.15) is 35.2 Å². The number of para-hydroxylation sites is 1. The topological polar surface area (TPSA) is 38.5 Å². The number of nitrogens with one attached hydrogen (secondary N) is 1. The first-order chi connectivity index (χ1) is 32.7. The summed E-state index contributed by atoms with van der Waals surface area (Å²) in [4.78, 5) is 5.80. The van der Waals surface area contributed by atoms with Gasteiger partial charge in [-0.05, 0) is 92.4 Å². The summed E-state index contributed by atoms with van der Waals surface area (Å²) in [6.45, 7) is 0. The molecule has 2 aliphatic heterocycles. The molecule has 5 heteroatoms. The Kier molecular flexibility index (Phi) is 8.37. The van der Waals surface area contributed by atoms with Gasteiger partial charge in [0.15, 0.2) is 0 Å². The van der Waals surface area contributed by atoms with Crippen molar-refractivity contribution in [3.8, 4) is 16.9 Å². The fourth-order valence-electron chi connectivity index (χ4n) is 10.9. The average Bonchev–Trinajstić information content (AvgIpc) is 3.98. The zero-order chi connectivity index (χ0) is 43.3. The highest BCUT2D eigenvalue weighted by atomic mass is 32.1. The second kappa shape index (κ2) is 14.8. The molecule has 3 atom stereocenters. The van der Waals surface area contributed by atoms with Gasteiger partial charge in [0.05, 0.1) is 17.0 Å². The zero-order valence-corrected chi connectivity index (χ0v) is 36.7. The van der Waals surface area contributed by atoms with Gasteiger partial charge in [0.1, 0.15) is 18.0 Å². The first kappa shape index (κ1) is 37.4. The van der Waals surface area contributed by atoms with Crippen LogP contribution in [0.3, 0.4) is 0 Å². The molecule has 2 aromatic heterocycles. The van der Waals surface area contributed by atoms with E-state index in [4.69, 9.17) is 9.73 Å². The summed E-state index contributed by atoms with van der Waals surface area (Å²) in [6.07, 6.45) is 7.18. The minimum atomic E-state index is -0.346. The SMILES string of the molecule is C1=C(C2=NC(c3cccc4c3sc3ccccc34)NC(c3ccc(-c4ccccc4)cc3)=CC2)C=C(n2c3ccccc3c3cc4ccccc4cc32)C2c3cc4ccccc4cc3OC12. The lowest BCUT2D eigenvalue weighted by molar-refractivity contribution is 0.269. The maximum atomic E-state index is 7.12. The van der Waals surface area contributed by atoms with Crippen molar-refractivity contribution in [3.05, 3.63) is 235 Å². The van der Waals surface area contributed by atoms with Crippen LogP contribution < -0.4 is 10.1 Å². The van der Waals surface area contributed by atoms with Crippen LogP contribution in [0.4, 0.5) is 0 Å². The van der Waals surface area contributed by atoms with Crippen LogP contribution in [0.5, 0.6) is 5.75 Å². The number of hydrogen-bond donors (Lipinski definition) is 1. The number of allylic oxidation sites excluding steroid dienone is 3. The predicted molar refractivity (Wildman–Crippen MR) is 278 cm³/mol. The number of benzene rings is 9. The molecule has 11 aromatic rings. The van der Waals surface area contributed by atoms with Gasteiger partial charge >= 0.3 is 0 Å². The van der Waals surface area contributed by atoms with E-state index in [1.54, 1.807) is 0 Å². The number of aromatic nitrogens is 1. The van der Waals surface area contributed by atoms with Crippen LogP contribution in [0.2, 0.25) is 0 Å². The Morgan fingerprint density at radius 3 is 2.05 bits per heavy atom. The molecule has 0 saturated carbocycles. The maximum absolute atomic E-state index is 7.12. The molecule has 0 spiro atoms. The van der Waals surface area contributed by atoms with E-state index in [1.165, 1.54) is 91.5 Å². The van der Waals surface area contributed by atoms with E-state index in [9.17, 15) is 0 Å². The van der Waals surface area contributed by atoms with Crippen LogP contribution >= 0.6 is 11.3 Å². The van der Waals surface area contributed by atoms with Gasteiger partial charge in [0.25, 0.3) is 0 Å². The lowest BCUT2D eigenvalue weighted by Crippen LogP contribution is -2.25. The summed E-state index contributed by atoms with van der Waals surface area (Å²) < 4.78 is 12.2. The summed E-state index contributed by atoms with van der Waals surface area (Å²) in [5.74, 6) is 0.902. The van der Waals surface area contributed by atoms with Crippen LogP contribution in [-0.2, 0) is 0 Å². The molecule has 0 fully saturated rings. The largest absolute Gasteiger partial charge is 0.485 e. The first-order valence-corrected chi connectivity index (χ1v) is 23.6. The van der Waals surface area contributed by atoms with Gasteiger partial charge in [-0.15, -0.1) is 11.3 Å². The normalized spacial score (nSPS) is 18.1. The van der Waals surface area contributed by atoms with Crippen LogP contribution in [0, 0.1) is 0 Å². The Balaban J connectivity index is 0.976. The number of fused-ring (bicyclic) bond motifs is 11. The van der Waals surface area contributed by atoms with E-state index >= 15 is 0 Å². The van der Waals surface area contributed by atoms with Gasteiger partial charge in [0.2, 0.25) is 0 Å². The number of thiophene rings is 1. The third kappa shape index (κ3) is 5.93. The molecule has 1 aliphatic carbocycles. The highest BCUT2D eigenvalue weighted by Crippen LogP contribution is 2.51. The quantitative estimate of drug-likeness (QED) is 0.187. The van der Waals surface area contributed by atoms with Crippen molar-refractivity contribution in [3.63, 3.8) is 0 Å². The number of ether oxygens (including phenoxy) is 1. The number of nitrogens with zero attached hydrogens (tertiary/aromatic N) is 2. The van der Waals surface area contributed by atoms with Crippen molar-refractivity contribution in [1.29, 1.82) is 0 Å². The van der Waals surface area contributed by atoms with E-state index in [0.29, 0.717) is 6.42 Å². The van der Waals surface area contributed by atoms with Crippen molar-refractivity contribution in [2.45, 2.75) is 24.6 Å². The summed E-state index contributed by atoms with van der Waals surface area (Å²) in [6, 6.07) is 70.5. The number of aliphatic imine (C=N–C) groups is 1. The Morgan fingerprint density at radius 2 is 1.21 bits per heavy atom. The third-order valence-corrected chi connectivity index (χ3v) is 15.2. The molecule has 0 amide bonds. The Morgan fingerprint density at radius 1 is 0.545 bits per heavy atom.